The maximum atomic E-state index is 11.6. The van der Waals surface area contributed by atoms with Gasteiger partial charge in [0, 0.05) is 25.6 Å². The van der Waals surface area contributed by atoms with Crippen LogP contribution in [-0.2, 0) is 11.2 Å². The van der Waals surface area contributed by atoms with Crippen molar-refractivity contribution in [1.82, 2.24) is 10.6 Å². The molecule has 23 heavy (non-hydrogen) atoms. The molecule has 1 heterocycles. The first kappa shape index (κ1) is 17.6. The SMILES string of the molecule is COc1cc2c(cc1OC)C(CCNC(=O)CCCO)NCC2. The quantitative estimate of drug-likeness (QED) is 0.669. The minimum Gasteiger partial charge on any atom is -0.493 e. The molecule has 1 aromatic carbocycles. The van der Waals surface area contributed by atoms with Gasteiger partial charge in [-0.2, -0.15) is 0 Å². The summed E-state index contributed by atoms with van der Waals surface area (Å²) in [6.07, 6.45) is 2.64. The molecule has 0 fully saturated rings. The third-order valence-corrected chi connectivity index (χ3v) is 4.12. The Bertz CT molecular complexity index is 534. The van der Waals surface area contributed by atoms with Gasteiger partial charge in [-0.3, -0.25) is 4.79 Å². The molecule has 1 aromatic rings. The van der Waals surface area contributed by atoms with Gasteiger partial charge in [-0.05, 0) is 49.1 Å². The smallest absolute Gasteiger partial charge is 0.220 e. The summed E-state index contributed by atoms with van der Waals surface area (Å²) < 4.78 is 10.8. The third-order valence-electron chi connectivity index (χ3n) is 4.12. The Kier molecular flexibility index (Phi) is 6.67. The number of carbonyl (C=O) groups is 1. The molecule has 1 aliphatic heterocycles. The van der Waals surface area contributed by atoms with Gasteiger partial charge in [-0.15, -0.1) is 0 Å². The first-order valence-corrected chi connectivity index (χ1v) is 8.05. The summed E-state index contributed by atoms with van der Waals surface area (Å²) in [5.41, 5.74) is 2.47. The van der Waals surface area contributed by atoms with Crippen LogP contribution in [0, 0.1) is 0 Å². The lowest BCUT2D eigenvalue weighted by Crippen LogP contribution is -2.33. The first-order valence-electron chi connectivity index (χ1n) is 8.05. The van der Waals surface area contributed by atoms with Gasteiger partial charge in [0.05, 0.1) is 14.2 Å². The Morgan fingerprint density at radius 2 is 2.09 bits per heavy atom. The summed E-state index contributed by atoms with van der Waals surface area (Å²) in [5.74, 6) is 1.47. The standard InChI is InChI=1S/C17H26N2O4/c1-22-15-10-12-5-7-18-14(13(12)11-16(15)23-2)6-8-19-17(21)4-3-9-20/h10-11,14,18,20H,3-9H2,1-2H3,(H,19,21). The van der Waals surface area contributed by atoms with E-state index in [0.717, 1.165) is 30.9 Å². The van der Waals surface area contributed by atoms with Crippen LogP contribution < -0.4 is 20.1 Å². The van der Waals surface area contributed by atoms with E-state index in [9.17, 15) is 4.79 Å². The maximum Gasteiger partial charge on any atom is 0.220 e. The third kappa shape index (κ3) is 4.59. The molecule has 1 amide bonds. The van der Waals surface area contributed by atoms with Crippen molar-refractivity contribution < 1.29 is 19.4 Å². The molecule has 1 unspecified atom stereocenters. The zero-order valence-corrected chi connectivity index (χ0v) is 13.9. The minimum absolute atomic E-state index is 0.0117. The molecule has 0 aliphatic carbocycles. The molecule has 2 rings (SSSR count). The van der Waals surface area contributed by atoms with Crippen molar-refractivity contribution in [2.24, 2.45) is 0 Å². The largest absolute Gasteiger partial charge is 0.493 e. The molecular formula is C17H26N2O4. The summed E-state index contributed by atoms with van der Waals surface area (Å²) in [7, 11) is 3.28. The van der Waals surface area contributed by atoms with Gasteiger partial charge in [0.2, 0.25) is 5.91 Å². The zero-order valence-electron chi connectivity index (χ0n) is 13.9. The molecule has 0 saturated carbocycles. The van der Waals surface area contributed by atoms with Crippen LogP contribution in [-0.4, -0.2) is 44.9 Å². The number of hydrogen-bond donors (Lipinski definition) is 3. The Morgan fingerprint density at radius 3 is 2.78 bits per heavy atom. The predicted molar refractivity (Wildman–Crippen MR) is 87.9 cm³/mol. The van der Waals surface area contributed by atoms with E-state index in [2.05, 4.69) is 10.6 Å². The summed E-state index contributed by atoms with van der Waals surface area (Å²) in [4.78, 5) is 11.6. The van der Waals surface area contributed by atoms with Gasteiger partial charge in [-0.1, -0.05) is 0 Å². The van der Waals surface area contributed by atoms with E-state index < -0.39 is 0 Å². The highest BCUT2D eigenvalue weighted by molar-refractivity contribution is 5.75. The molecule has 6 heteroatoms. The number of amides is 1. The number of nitrogens with one attached hydrogen (secondary N) is 2. The van der Waals surface area contributed by atoms with Gasteiger partial charge in [-0.25, -0.2) is 0 Å². The van der Waals surface area contributed by atoms with Crippen LogP contribution in [0.2, 0.25) is 0 Å². The van der Waals surface area contributed by atoms with Crippen molar-refractivity contribution in [1.29, 1.82) is 0 Å². The number of carbonyl (C=O) groups excluding carboxylic acids is 1. The Morgan fingerprint density at radius 1 is 1.35 bits per heavy atom. The molecule has 0 spiro atoms. The fourth-order valence-corrected chi connectivity index (χ4v) is 2.91. The minimum atomic E-state index is -0.0117. The van der Waals surface area contributed by atoms with Crippen LogP contribution in [0.4, 0.5) is 0 Å². The highest BCUT2D eigenvalue weighted by Crippen LogP contribution is 2.35. The second-order valence-corrected chi connectivity index (χ2v) is 5.63. The highest BCUT2D eigenvalue weighted by Gasteiger charge is 2.22. The molecule has 0 saturated heterocycles. The van der Waals surface area contributed by atoms with E-state index in [0.29, 0.717) is 19.4 Å². The number of ether oxygens (including phenoxy) is 2. The number of benzene rings is 1. The summed E-state index contributed by atoms with van der Waals surface area (Å²) in [6.45, 7) is 1.56. The van der Waals surface area contributed by atoms with Crippen LogP contribution in [0.25, 0.3) is 0 Å². The van der Waals surface area contributed by atoms with E-state index in [1.807, 2.05) is 12.1 Å². The van der Waals surface area contributed by atoms with Crippen molar-refractivity contribution in [2.45, 2.75) is 31.7 Å². The molecule has 128 valence electrons. The van der Waals surface area contributed by atoms with E-state index in [-0.39, 0.29) is 18.6 Å². The fraction of sp³-hybridized carbons (Fsp3) is 0.588. The average Bonchev–Trinajstić information content (AvgIpc) is 2.58. The number of fused-ring (bicyclic) bond motifs is 1. The Balaban J connectivity index is 1.99. The van der Waals surface area contributed by atoms with Gasteiger partial charge in [0.1, 0.15) is 0 Å². The number of rotatable bonds is 8. The average molecular weight is 322 g/mol. The van der Waals surface area contributed by atoms with Crippen molar-refractivity contribution in [2.75, 3.05) is 33.9 Å². The molecule has 0 bridgehead atoms. The lowest BCUT2D eigenvalue weighted by Gasteiger charge is -2.28. The topological polar surface area (TPSA) is 79.8 Å². The Hall–Kier alpha value is -1.79. The highest BCUT2D eigenvalue weighted by atomic mass is 16.5. The summed E-state index contributed by atoms with van der Waals surface area (Å²) in [6, 6.07) is 4.26. The van der Waals surface area contributed by atoms with Crippen molar-refractivity contribution in [3.63, 3.8) is 0 Å². The van der Waals surface area contributed by atoms with Gasteiger partial charge < -0.3 is 25.2 Å². The number of aliphatic hydroxyl groups is 1. The van der Waals surface area contributed by atoms with Crippen LogP contribution >= 0.6 is 0 Å². The molecule has 6 nitrogen and oxygen atoms in total. The first-order chi connectivity index (χ1) is 11.2. The number of hydrogen-bond acceptors (Lipinski definition) is 5. The van der Waals surface area contributed by atoms with E-state index in [4.69, 9.17) is 14.6 Å². The van der Waals surface area contributed by atoms with Crippen LogP contribution in [0.5, 0.6) is 11.5 Å². The Labute approximate surface area is 137 Å². The molecular weight excluding hydrogens is 296 g/mol. The lowest BCUT2D eigenvalue weighted by molar-refractivity contribution is -0.121. The number of methoxy groups -OCH3 is 2. The van der Waals surface area contributed by atoms with E-state index in [1.165, 1.54) is 11.1 Å². The monoisotopic (exact) mass is 322 g/mol. The van der Waals surface area contributed by atoms with E-state index in [1.54, 1.807) is 14.2 Å². The van der Waals surface area contributed by atoms with Crippen molar-refractivity contribution >= 4 is 5.91 Å². The summed E-state index contributed by atoms with van der Waals surface area (Å²) >= 11 is 0. The summed E-state index contributed by atoms with van der Waals surface area (Å²) in [5, 5.41) is 15.1. The molecule has 0 radical (unpaired) electrons. The second-order valence-electron chi connectivity index (χ2n) is 5.63. The molecule has 3 N–H and O–H groups in total. The normalized spacial score (nSPS) is 16.6. The van der Waals surface area contributed by atoms with Crippen molar-refractivity contribution in [3.05, 3.63) is 23.3 Å². The zero-order chi connectivity index (χ0) is 16.7. The maximum absolute atomic E-state index is 11.6. The molecule has 1 aliphatic rings. The second kappa shape index (κ2) is 8.74. The van der Waals surface area contributed by atoms with Crippen LogP contribution in [0.15, 0.2) is 12.1 Å². The number of aliphatic hydroxyl groups excluding tert-OH is 1. The van der Waals surface area contributed by atoms with Gasteiger partial charge in [0.15, 0.2) is 11.5 Å². The molecule has 1 atom stereocenters. The fourth-order valence-electron chi connectivity index (χ4n) is 2.91. The van der Waals surface area contributed by atoms with Crippen LogP contribution in [0.1, 0.15) is 36.4 Å². The van der Waals surface area contributed by atoms with Crippen molar-refractivity contribution in [3.8, 4) is 11.5 Å². The molecule has 0 aromatic heterocycles. The van der Waals surface area contributed by atoms with Crippen LogP contribution in [0.3, 0.4) is 0 Å². The van der Waals surface area contributed by atoms with Gasteiger partial charge in [0.25, 0.3) is 0 Å². The van der Waals surface area contributed by atoms with Gasteiger partial charge >= 0.3 is 0 Å². The predicted octanol–water partition coefficient (Wildman–Crippen LogP) is 1.17. The lowest BCUT2D eigenvalue weighted by atomic mass is 9.92. The van der Waals surface area contributed by atoms with E-state index >= 15 is 0 Å².